The van der Waals surface area contributed by atoms with Crippen molar-refractivity contribution in [1.29, 1.82) is 0 Å². The van der Waals surface area contributed by atoms with E-state index < -0.39 is 6.04 Å². The van der Waals surface area contributed by atoms with Gasteiger partial charge in [-0.25, -0.2) is 0 Å². The van der Waals surface area contributed by atoms with E-state index in [4.69, 9.17) is 4.74 Å². The first-order valence-electron chi connectivity index (χ1n) is 8.98. The molecule has 0 spiro atoms. The third-order valence-corrected chi connectivity index (χ3v) is 4.68. The minimum absolute atomic E-state index is 0.0540. The predicted octanol–water partition coefficient (Wildman–Crippen LogP) is 0.829. The second-order valence-electron chi connectivity index (χ2n) is 6.54. The van der Waals surface area contributed by atoms with Crippen LogP contribution in [0.4, 0.5) is 0 Å². The summed E-state index contributed by atoms with van der Waals surface area (Å²) in [5.74, 6) is -0.0540. The zero-order valence-corrected chi connectivity index (χ0v) is 15.4. The summed E-state index contributed by atoms with van der Waals surface area (Å²) in [4.78, 5) is 15.0. The molecule has 1 aromatic heterocycles. The summed E-state index contributed by atoms with van der Waals surface area (Å²) in [6, 6.07) is 7.87. The van der Waals surface area contributed by atoms with Crippen LogP contribution in [0.5, 0.6) is 0 Å². The van der Waals surface area contributed by atoms with Crippen molar-refractivity contribution in [1.82, 2.24) is 25.3 Å². The van der Waals surface area contributed by atoms with Crippen LogP contribution >= 0.6 is 0 Å². The summed E-state index contributed by atoms with van der Waals surface area (Å²) in [6.45, 7) is 4.86. The highest BCUT2D eigenvalue weighted by atomic mass is 16.5. The van der Waals surface area contributed by atoms with Crippen LogP contribution in [-0.4, -0.2) is 53.9 Å². The smallest absolute Gasteiger partial charge is 0.242 e. The van der Waals surface area contributed by atoms with Crippen molar-refractivity contribution in [3.05, 3.63) is 53.3 Å². The van der Waals surface area contributed by atoms with Crippen LogP contribution in [-0.2, 0) is 29.7 Å². The maximum atomic E-state index is 12.6. The molecule has 1 saturated heterocycles. The Hall–Kier alpha value is -2.22. The number of likely N-dealkylation sites (N-methyl/N-ethyl adjacent to an activating group) is 1. The molecule has 0 bridgehead atoms. The number of morpholine rings is 1. The number of carbonyl (C=O) groups is 1. The summed E-state index contributed by atoms with van der Waals surface area (Å²) >= 11 is 0. The Kier molecular flexibility index (Phi) is 6.38. The molecule has 1 amide bonds. The molecule has 1 atom stereocenters. The third kappa shape index (κ3) is 4.69. The number of carbonyl (C=O) groups excluding carboxylic acids is 1. The van der Waals surface area contributed by atoms with E-state index in [2.05, 4.69) is 32.8 Å². The number of ether oxygens (including phenoxy) is 1. The molecule has 0 aliphatic carbocycles. The first-order valence-corrected chi connectivity index (χ1v) is 8.98. The lowest BCUT2D eigenvalue weighted by molar-refractivity contribution is -0.123. The fraction of sp³-hybridized carbons (Fsp3) is 0.474. The molecule has 1 aromatic carbocycles. The average molecular weight is 357 g/mol. The zero-order chi connectivity index (χ0) is 18.4. The number of nitrogens with one attached hydrogen (secondary N) is 2. The highest BCUT2D eigenvalue weighted by molar-refractivity contribution is 5.83. The Labute approximate surface area is 154 Å². The van der Waals surface area contributed by atoms with Gasteiger partial charge in [0.15, 0.2) is 0 Å². The normalized spacial score (nSPS) is 16.4. The van der Waals surface area contributed by atoms with Crippen molar-refractivity contribution in [2.75, 3.05) is 33.4 Å². The standard InChI is InChI=1S/C19H27N5O2/c1-20-18(17-12-22-23(2)13-17)19(25)21-11-15-5-3-4-6-16(15)14-24-7-9-26-10-8-24/h3-6,12-13,18,20H,7-11,14H2,1-2H3,(H,21,25). The van der Waals surface area contributed by atoms with E-state index in [1.165, 1.54) is 5.56 Å². The van der Waals surface area contributed by atoms with Crippen LogP contribution in [0.25, 0.3) is 0 Å². The Morgan fingerprint density at radius 1 is 1.27 bits per heavy atom. The molecule has 2 N–H and O–H groups in total. The average Bonchev–Trinajstić information content (AvgIpc) is 3.08. The molecule has 3 rings (SSSR count). The van der Waals surface area contributed by atoms with Gasteiger partial charge in [-0.2, -0.15) is 5.10 Å². The molecule has 1 fully saturated rings. The van der Waals surface area contributed by atoms with E-state index in [0.717, 1.165) is 44.0 Å². The lowest BCUT2D eigenvalue weighted by Crippen LogP contribution is -2.37. The van der Waals surface area contributed by atoms with Gasteiger partial charge in [0.25, 0.3) is 0 Å². The van der Waals surface area contributed by atoms with Gasteiger partial charge >= 0.3 is 0 Å². The first-order chi connectivity index (χ1) is 12.7. The summed E-state index contributed by atoms with van der Waals surface area (Å²) in [6.07, 6.45) is 3.57. The van der Waals surface area contributed by atoms with Crippen LogP contribution in [0.15, 0.2) is 36.7 Å². The van der Waals surface area contributed by atoms with Crippen molar-refractivity contribution in [3.8, 4) is 0 Å². The van der Waals surface area contributed by atoms with E-state index in [9.17, 15) is 4.79 Å². The maximum absolute atomic E-state index is 12.6. The molecule has 1 aliphatic rings. The molecular formula is C19H27N5O2. The molecule has 0 saturated carbocycles. The van der Waals surface area contributed by atoms with Gasteiger partial charge < -0.3 is 15.4 Å². The molecular weight excluding hydrogens is 330 g/mol. The van der Waals surface area contributed by atoms with E-state index in [-0.39, 0.29) is 5.91 Å². The SMILES string of the molecule is CNC(C(=O)NCc1ccccc1CN1CCOCC1)c1cnn(C)c1. The first kappa shape index (κ1) is 18.6. The molecule has 2 aromatic rings. The number of aryl methyl sites for hydroxylation is 1. The van der Waals surface area contributed by atoms with E-state index in [1.54, 1.807) is 17.9 Å². The quantitative estimate of drug-likeness (QED) is 0.768. The molecule has 2 heterocycles. The minimum atomic E-state index is -0.407. The van der Waals surface area contributed by atoms with Crippen LogP contribution in [0.1, 0.15) is 22.7 Å². The fourth-order valence-corrected chi connectivity index (χ4v) is 3.21. The monoisotopic (exact) mass is 357 g/mol. The Bertz CT molecular complexity index is 724. The fourth-order valence-electron chi connectivity index (χ4n) is 3.21. The van der Waals surface area contributed by atoms with E-state index >= 15 is 0 Å². The third-order valence-electron chi connectivity index (χ3n) is 4.68. The molecule has 7 heteroatoms. The predicted molar refractivity (Wildman–Crippen MR) is 99.4 cm³/mol. The van der Waals surface area contributed by atoms with Crippen molar-refractivity contribution >= 4 is 5.91 Å². The van der Waals surface area contributed by atoms with Crippen LogP contribution in [0, 0.1) is 0 Å². The Morgan fingerprint density at radius 3 is 2.65 bits per heavy atom. The van der Waals surface area contributed by atoms with Crippen molar-refractivity contribution in [2.24, 2.45) is 7.05 Å². The highest BCUT2D eigenvalue weighted by Crippen LogP contribution is 2.15. The van der Waals surface area contributed by atoms with Gasteiger partial charge in [0, 0.05) is 45.0 Å². The molecule has 1 aliphatic heterocycles. The van der Waals surface area contributed by atoms with Crippen molar-refractivity contribution < 1.29 is 9.53 Å². The van der Waals surface area contributed by atoms with Crippen LogP contribution in [0.2, 0.25) is 0 Å². The van der Waals surface area contributed by atoms with Gasteiger partial charge in [-0.3, -0.25) is 14.4 Å². The van der Waals surface area contributed by atoms with Crippen molar-refractivity contribution in [2.45, 2.75) is 19.1 Å². The van der Waals surface area contributed by atoms with E-state index in [1.807, 2.05) is 25.4 Å². The zero-order valence-electron chi connectivity index (χ0n) is 15.4. The largest absolute Gasteiger partial charge is 0.379 e. The topological polar surface area (TPSA) is 71.4 Å². The number of hydrogen-bond acceptors (Lipinski definition) is 5. The Morgan fingerprint density at radius 2 is 2.00 bits per heavy atom. The van der Waals surface area contributed by atoms with Gasteiger partial charge in [-0.1, -0.05) is 24.3 Å². The number of aromatic nitrogens is 2. The summed E-state index contributed by atoms with van der Waals surface area (Å²) in [5.41, 5.74) is 3.25. The lowest BCUT2D eigenvalue weighted by atomic mass is 10.1. The second kappa shape index (κ2) is 8.93. The molecule has 7 nitrogen and oxygen atoms in total. The molecule has 26 heavy (non-hydrogen) atoms. The van der Waals surface area contributed by atoms with Crippen LogP contribution in [0.3, 0.4) is 0 Å². The van der Waals surface area contributed by atoms with Crippen molar-refractivity contribution in [3.63, 3.8) is 0 Å². The number of benzene rings is 1. The number of rotatable bonds is 7. The minimum Gasteiger partial charge on any atom is -0.379 e. The number of hydrogen-bond donors (Lipinski definition) is 2. The van der Waals surface area contributed by atoms with Gasteiger partial charge in [-0.05, 0) is 18.2 Å². The van der Waals surface area contributed by atoms with Gasteiger partial charge in [0.05, 0.1) is 19.4 Å². The summed E-state index contributed by atoms with van der Waals surface area (Å²) in [5, 5.41) is 10.3. The summed E-state index contributed by atoms with van der Waals surface area (Å²) < 4.78 is 7.12. The van der Waals surface area contributed by atoms with E-state index in [0.29, 0.717) is 6.54 Å². The summed E-state index contributed by atoms with van der Waals surface area (Å²) in [7, 11) is 3.62. The molecule has 1 unspecified atom stereocenters. The van der Waals surface area contributed by atoms with Gasteiger partial charge in [0.1, 0.15) is 6.04 Å². The lowest BCUT2D eigenvalue weighted by Gasteiger charge is -2.27. The molecule has 140 valence electrons. The maximum Gasteiger partial charge on any atom is 0.242 e. The Balaban J connectivity index is 1.62. The molecule has 0 radical (unpaired) electrons. The number of nitrogens with zero attached hydrogens (tertiary/aromatic N) is 3. The van der Waals surface area contributed by atoms with Gasteiger partial charge in [0.2, 0.25) is 5.91 Å². The van der Waals surface area contributed by atoms with Gasteiger partial charge in [-0.15, -0.1) is 0 Å². The second-order valence-corrected chi connectivity index (χ2v) is 6.54. The number of amides is 1. The van der Waals surface area contributed by atoms with Crippen LogP contribution < -0.4 is 10.6 Å². The highest BCUT2D eigenvalue weighted by Gasteiger charge is 2.20.